The highest BCUT2D eigenvalue weighted by atomic mass is 35.5. The molecule has 0 unspecified atom stereocenters. The van der Waals surface area contributed by atoms with Gasteiger partial charge in [-0.15, -0.1) is 0 Å². The molecule has 1 heterocycles. The first-order valence-electron chi connectivity index (χ1n) is 15.0. The molecule has 0 aliphatic carbocycles. The normalized spacial score (nSPS) is 17.3. The summed E-state index contributed by atoms with van der Waals surface area (Å²) in [5, 5.41) is 16.3. The third-order valence-electron chi connectivity index (χ3n) is 7.20. The predicted octanol–water partition coefficient (Wildman–Crippen LogP) is 6.61. The molecule has 1 aliphatic heterocycles. The smallest absolute Gasteiger partial charge is 0.306 e. The molecule has 0 saturated carbocycles. The Kier molecular flexibility index (Phi) is 11.7. The maximum atomic E-state index is 14.4. The van der Waals surface area contributed by atoms with Crippen molar-refractivity contribution >= 4 is 29.4 Å². The summed E-state index contributed by atoms with van der Waals surface area (Å²) in [5.41, 5.74) is 9.25. The second-order valence-electron chi connectivity index (χ2n) is 11.7. The fourth-order valence-corrected chi connectivity index (χ4v) is 5.25. The van der Waals surface area contributed by atoms with Gasteiger partial charge in [-0.3, -0.25) is 9.59 Å². The van der Waals surface area contributed by atoms with Crippen molar-refractivity contribution in [2.45, 2.75) is 70.4 Å². The number of carbonyl (C=O) groups excluding carboxylic acids is 2. The molecule has 0 aromatic heterocycles. The molecular formula is C34H38ClN5O6. The fourth-order valence-electron chi connectivity index (χ4n) is 5.04. The molecule has 12 heteroatoms. The highest BCUT2D eigenvalue weighted by molar-refractivity contribution is 6.31. The first-order valence-corrected chi connectivity index (χ1v) is 15.4. The lowest BCUT2D eigenvalue weighted by Gasteiger charge is -2.32. The first kappa shape index (κ1) is 34.3. The largest absolute Gasteiger partial charge is 0.494 e. The Labute approximate surface area is 273 Å². The minimum Gasteiger partial charge on any atom is -0.494 e. The Morgan fingerprint density at radius 2 is 1.78 bits per heavy atom. The molecule has 0 bridgehead atoms. The van der Waals surface area contributed by atoms with Gasteiger partial charge in [0.05, 0.1) is 13.2 Å². The van der Waals surface area contributed by atoms with Gasteiger partial charge in [-0.25, -0.2) is 4.99 Å². The molecule has 3 aromatic rings. The molecule has 2 atom stereocenters. The van der Waals surface area contributed by atoms with Crippen molar-refractivity contribution < 1.29 is 28.9 Å². The summed E-state index contributed by atoms with van der Waals surface area (Å²) >= 11 is 6.39. The molecule has 242 valence electrons. The van der Waals surface area contributed by atoms with E-state index in [0.717, 1.165) is 0 Å². The molecule has 1 amide bonds. The number of aliphatic hydroxyl groups is 1. The Balaban J connectivity index is 1.79. The van der Waals surface area contributed by atoms with Crippen LogP contribution in [0.5, 0.6) is 5.75 Å². The van der Waals surface area contributed by atoms with Crippen LogP contribution in [-0.2, 0) is 32.2 Å². The Hall–Kier alpha value is -4.57. The van der Waals surface area contributed by atoms with Crippen LogP contribution in [0.4, 0.5) is 0 Å². The predicted molar refractivity (Wildman–Crippen MR) is 174 cm³/mol. The van der Waals surface area contributed by atoms with Crippen molar-refractivity contribution in [3.8, 4) is 5.75 Å². The number of carbonyl (C=O) groups is 2. The van der Waals surface area contributed by atoms with Gasteiger partial charge in [-0.1, -0.05) is 59.2 Å². The van der Waals surface area contributed by atoms with Crippen LogP contribution in [0.25, 0.3) is 10.4 Å². The molecule has 46 heavy (non-hydrogen) atoms. The topological polar surface area (TPSA) is 155 Å². The average molecular weight is 648 g/mol. The SMILES string of the molecule is CC(C)(C)OC(=O)CC[C@@]1(C(=O)NCc2ccccc2Cl)N=C(c2ccc(OCCCO)cc2)O[C@@H]1c1ccccc1CN=[N+]=[N-]. The van der Waals surface area contributed by atoms with Crippen LogP contribution >= 0.6 is 11.6 Å². The zero-order valence-corrected chi connectivity index (χ0v) is 26.9. The monoisotopic (exact) mass is 647 g/mol. The van der Waals surface area contributed by atoms with Crippen molar-refractivity contribution in [2.75, 3.05) is 13.2 Å². The van der Waals surface area contributed by atoms with Crippen molar-refractivity contribution in [2.24, 2.45) is 10.1 Å². The second-order valence-corrected chi connectivity index (χ2v) is 12.1. The zero-order chi connectivity index (χ0) is 33.2. The highest BCUT2D eigenvalue weighted by Gasteiger charge is 2.53. The maximum Gasteiger partial charge on any atom is 0.306 e. The van der Waals surface area contributed by atoms with Gasteiger partial charge in [0.25, 0.3) is 5.91 Å². The molecule has 1 aliphatic rings. The molecular weight excluding hydrogens is 610 g/mol. The molecule has 4 rings (SSSR count). The number of aliphatic imine (C=N–C) groups is 1. The minimum absolute atomic E-state index is 0.0190. The standard InChI is InChI=1S/C34H38ClN5O6/c1-33(2,3)46-29(42)17-18-34(32(43)37-21-25-10-5-7-12-28(25)35)30(27-11-6-4-9-24(27)22-38-40-36)45-31(39-34)23-13-15-26(16-14-23)44-20-8-19-41/h4-7,9-16,30,41H,8,17-22H2,1-3H3,(H,37,43)/t30-,34-/m1/s1. The number of nitrogens with zero attached hydrogens (tertiary/aromatic N) is 4. The van der Waals surface area contributed by atoms with E-state index in [1.54, 1.807) is 81.4 Å². The van der Waals surface area contributed by atoms with Gasteiger partial charge in [0.1, 0.15) is 11.4 Å². The number of hydrogen-bond donors (Lipinski definition) is 2. The lowest BCUT2D eigenvalue weighted by molar-refractivity contribution is -0.155. The lowest BCUT2D eigenvalue weighted by Crippen LogP contribution is -2.48. The summed E-state index contributed by atoms with van der Waals surface area (Å²) < 4.78 is 17.8. The van der Waals surface area contributed by atoms with Crippen molar-refractivity contribution in [1.29, 1.82) is 0 Å². The van der Waals surface area contributed by atoms with Crippen LogP contribution in [0.1, 0.15) is 68.4 Å². The lowest BCUT2D eigenvalue weighted by atomic mass is 9.81. The summed E-state index contributed by atoms with van der Waals surface area (Å²) in [4.78, 5) is 35.3. The molecule has 0 spiro atoms. The number of benzene rings is 3. The van der Waals surface area contributed by atoms with Crippen molar-refractivity contribution in [1.82, 2.24) is 5.32 Å². The Morgan fingerprint density at radius 3 is 2.46 bits per heavy atom. The van der Waals surface area contributed by atoms with E-state index in [2.05, 4.69) is 15.3 Å². The minimum atomic E-state index is -1.61. The number of nitrogens with one attached hydrogen (secondary N) is 1. The number of rotatable bonds is 14. The second kappa shape index (κ2) is 15.6. The maximum absolute atomic E-state index is 14.4. The summed E-state index contributed by atoms with van der Waals surface area (Å²) in [5.74, 6) is -0.165. The average Bonchev–Trinajstić information content (AvgIpc) is 3.43. The van der Waals surface area contributed by atoms with E-state index >= 15 is 0 Å². The van der Waals surface area contributed by atoms with Crippen LogP contribution in [0.15, 0.2) is 82.9 Å². The summed E-state index contributed by atoms with van der Waals surface area (Å²) in [6.07, 6.45) is -0.647. The number of halogens is 1. The van der Waals surface area contributed by atoms with E-state index in [0.29, 0.717) is 46.1 Å². The third kappa shape index (κ3) is 8.78. The Bertz CT molecular complexity index is 1600. The van der Waals surface area contributed by atoms with Gasteiger partial charge in [-0.2, -0.15) is 0 Å². The van der Waals surface area contributed by atoms with E-state index in [4.69, 9.17) is 41.4 Å². The molecule has 3 aromatic carbocycles. The molecule has 0 radical (unpaired) electrons. The van der Waals surface area contributed by atoms with Crippen molar-refractivity contribution in [3.05, 3.63) is 111 Å². The van der Waals surface area contributed by atoms with Crippen LogP contribution < -0.4 is 10.1 Å². The van der Waals surface area contributed by atoms with Crippen LogP contribution in [0, 0.1) is 0 Å². The van der Waals surface area contributed by atoms with E-state index in [9.17, 15) is 9.59 Å². The fraction of sp³-hybridized carbons (Fsp3) is 0.382. The molecule has 2 N–H and O–H groups in total. The molecule has 0 fully saturated rings. The van der Waals surface area contributed by atoms with Gasteiger partial charge in [-0.05, 0) is 79.7 Å². The first-order chi connectivity index (χ1) is 22.1. The van der Waals surface area contributed by atoms with E-state index in [1.807, 2.05) is 12.1 Å². The van der Waals surface area contributed by atoms with Crippen molar-refractivity contribution in [3.63, 3.8) is 0 Å². The van der Waals surface area contributed by atoms with E-state index in [1.165, 1.54) is 0 Å². The summed E-state index contributed by atoms with van der Waals surface area (Å²) in [7, 11) is 0. The highest BCUT2D eigenvalue weighted by Crippen LogP contribution is 2.44. The van der Waals surface area contributed by atoms with Gasteiger partial charge in [0.15, 0.2) is 11.6 Å². The van der Waals surface area contributed by atoms with E-state index in [-0.39, 0.29) is 38.4 Å². The number of azide groups is 1. The van der Waals surface area contributed by atoms with Gasteiger partial charge in [0.2, 0.25) is 5.90 Å². The quantitative estimate of drug-likeness (QED) is 0.0660. The van der Waals surface area contributed by atoms with Crippen LogP contribution in [-0.4, -0.2) is 47.2 Å². The van der Waals surface area contributed by atoms with Crippen LogP contribution in [0.3, 0.4) is 0 Å². The summed E-state index contributed by atoms with van der Waals surface area (Å²) in [6, 6.07) is 21.4. The summed E-state index contributed by atoms with van der Waals surface area (Å²) in [6.45, 7) is 5.84. The van der Waals surface area contributed by atoms with Gasteiger partial charge in [0, 0.05) is 41.5 Å². The number of amides is 1. The number of ether oxygens (including phenoxy) is 3. The molecule has 11 nitrogen and oxygen atoms in total. The Morgan fingerprint density at radius 1 is 1.09 bits per heavy atom. The molecule has 0 saturated heterocycles. The zero-order valence-electron chi connectivity index (χ0n) is 26.1. The van der Waals surface area contributed by atoms with Gasteiger partial charge < -0.3 is 24.6 Å². The van der Waals surface area contributed by atoms with Crippen LogP contribution in [0.2, 0.25) is 5.02 Å². The number of aliphatic hydroxyl groups excluding tert-OH is 1. The number of hydrogen-bond acceptors (Lipinski definition) is 8. The number of esters is 1. The van der Waals surface area contributed by atoms with Gasteiger partial charge >= 0.3 is 5.97 Å². The van der Waals surface area contributed by atoms with E-state index < -0.39 is 29.1 Å². The third-order valence-corrected chi connectivity index (χ3v) is 7.57.